The van der Waals surface area contributed by atoms with Crippen LogP contribution in [0.25, 0.3) is 0 Å². The molecule has 2 fully saturated rings. The summed E-state index contributed by atoms with van der Waals surface area (Å²) in [5.41, 5.74) is 1.11. The number of benzene rings is 1. The van der Waals surface area contributed by atoms with Gasteiger partial charge in [-0.1, -0.05) is 18.9 Å². The molecule has 3 rings (SSSR count). The third-order valence-corrected chi connectivity index (χ3v) is 6.64. The van der Waals surface area contributed by atoms with E-state index in [1.807, 2.05) is 0 Å². The minimum atomic E-state index is -3.59. The molecule has 7 heteroatoms. The van der Waals surface area contributed by atoms with Crippen molar-refractivity contribution in [3.8, 4) is 0 Å². The van der Waals surface area contributed by atoms with Crippen LogP contribution in [0.2, 0.25) is 0 Å². The average Bonchev–Trinajstić information content (AvgIpc) is 3.38. The molecular weight excluding hydrogens is 340 g/mol. The molecule has 0 radical (unpaired) electrons. The largest absolute Gasteiger partial charge is 0.396 e. The van der Waals surface area contributed by atoms with Gasteiger partial charge in [0.25, 0.3) is 5.91 Å². The smallest absolute Gasteiger partial charge is 0.251 e. The summed E-state index contributed by atoms with van der Waals surface area (Å²) in [5.74, 6) is -0.201. The molecule has 0 unspecified atom stereocenters. The predicted molar refractivity (Wildman–Crippen MR) is 94.8 cm³/mol. The SMILES string of the molecule is Cc1ccc(S(=O)(=O)NC2CC2)cc1C(=O)N[C@H]1CCCC[C@H]1CO. The highest BCUT2D eigenvalue weighted by Gasteiger charge is 2.29. The van der Waals surface area contributed by atoms with Crippen molar-refractivity contribution < 1.29 is 18.3 Å². The van der Waals surface area contributed by atoms with Crippen molar-refractivity contribution in [3.05, 3.63) is 29.3 Å². The lowest BCUT2D eigenvalue weighted by Crippen LogP contribution is -2.43. The first kappa shape index (κ1) is 18.4. The second-order valence-corrected chi connectivity index (χ2v) is 8.89. The standard InChI is InChI=1S/C18H26N2O4S/c1-12-6-9-15(25(23,24)20-14-7-8-14)10-16(12)18(22)19-17-5-3-2-4-13(17)11-21/h6,9-10,13-14,17,20-21H,2-5,7-8,11H2,1H3,(H,19,22)/t13-,17-/m0/s1. The maximum Gasteiger partial charge on any atom is 0.251 e. The zero-order valence-corrected chi connectivity index (χ0v) is 15.3. The Balaban J connectivity index is 1.78. The molecule has 6 nitrogen and oxygen atoms in total. The molecule has 0 bridgehead atoms. The van der Waals surface area contributed by atoms with E-state index in [0.717, 1.165) is 44.1 Å². The van der Waals surface area contributed by atoms with E-state index in [1.54, 1.807) is 13.0 Å². The first-order chi connectivity index (χ1) is 11.9. The van der Waals surface area contributed by atoms with E-state index in [2.05, 4.69) is 10.0 Å². The molecule has 138 valence electrons. The highest BCUT2D eigenvalue weighted by molar-refractivity contribution is 7.89. The van der Waals surface area contributed by atoms with Gasteiger partial charge in [-0.2, -0.15) is 0 Å². The Morgan fingerprint density at radius 1 is 1.20 bits per heavy atom. The van der Waals surface area contributed by atoms with Gasteiger partial charge in [-0.05, 0) is 50.3 Å². The Hall–Kier alpha value is -1.44. The van der Waals surface area contributed by atoms with E-state index in [0.29, 0.717) is 5.56 Å². The monoisotopic (exact) mass is 366 g/mol. The topological polar surface area (TPSA) is 95.5 Å². The maximum absolute atomic E-state index is 12.7. The first-order valence-electron chi connectivity index (χ1n) is 8.95. The summed E-state index contributed by atoms with van der Waals surface area (Å²) in [6, 6.07) is 4.62. The molecule has 1 aromatic rings. The van der Waals surface area contributed by atoms with E-state index in [1.165, 1.54) is 12.1 Å². The lowest BCUT2D eigenvalue weighted by molar-refractivity contribution is 0.0872. The molecule has 25 heavy (non-hydrogen) atoms. The molecule has 0 spiro atoms. The van der Waals surface area contributed by atoms with Gasteiger partial charge in [0.15, 0.2) is 0 Å². The van der Waals surface area contributed by atoms with E-state index < -0.39 is 10.0 Å². The van der Waals surface area contributed by atoms with Gasteiger partial charge in [0.1, 0.15) is 0 Å². The normalized spacial score (nSPS) is 24.1. The Bertz CT molecular complexity index is 743. The molecule has 2 aliphatic carbocycles. The lowest BCUT2D eigenvalue weighted by atomic mass is 9.85. The number of sulfonamides is 1. The molecule has 0 saturated heterocycles. The van der Waals surface area contributed by atoms with Gasteiger partial charge in [-0.3, -0.25) is 4.79 Å². The minimum Gasteiger partial charge on any atom is -0.396 e. The zero-order chi connectivity index (χ0) is 18.0. The molecule has 2 atom stereocenters. The van der Waals surface area contributed by atoms with Gasteiger partial charge < -0.3 is 10.4 Å². The average molecular weight is 366 g/mol. The summed E-state index contributed by atoms with van der Waals surface area (Å²) >= 11 is 0. The van der Waals surface area contributed by atoms with Crippen LogP contribution in [0.1, 0.15) is 54.4 Å². The van der Waals surface area contributed by atoms with Crippen LogP contribution in [-0.2, 0) is 10.0 Å². The molecule has 2 aliphatic rings. The van der Waals surface area contributed by atoms with Gasteiger partial charge in [0.2, 0.25) is 10.0 Å². The summed E-state index contributed by atoms with van der Waals surface area (Å²) in [7, 11) is -3.59. The fraction of sp³-hybridized carbons (Fsp3) is 0.611. The number of hydrogen-bond donors (Lipinski definition) is 3. The maximum atomic E-state index is 12.7. The summed E-state index contributed by atoms with van der Waals surface area (Å²) in [6.07, 6.45) is 5.57. The third-order valence-electron chi connectivity index (χ3n) is 5.12. The minimum absolute atomic E-state index is 0.0242. The molecule has 0 aromatic heterocycles. The number of rotatable bonds is 6. The Labute approximate surface area is 149 Å². The molecule has 1 amide bonds. The first-order valence-corrected chi connectivity index (χ1v) is 10.4. The molecule has 3 N–H and O–H groups in total. The lowest BCUT2D eigenvalue weighted by Gasteiger charge is -2.31. The van der Waals surface area contributed by atoms with Crippen molar-refractivity contribution in [2.24, 2.45) is 5.92 Å². The van der Waals surface area contributed by atoms with Gasteiger partial charge >= 0.3 is 0 Å². The van der Waals surface area contributed by atoms with Crippen molar-refractivity contribution >= 4 is 15.9 Å². The Kier molecular flexibility index (Phi) is 5.46. The number of carbonyl (C=O) groups excluding carboxylic acids is 1. The number of carbonyl (C=O) groups is 1. The van der Waals surface area contributed by atoms with Crippen molar-refractivity contribution in [2.75, 3.05) is 6.61 Å². The molecule has 2 saturated carbocycles. The second-order valence-electron chi connectivity index (χ2n) is 7.18. The Morgan fingerprint density at radius 3 is 2.60 bits per heavy atom. The molecule has 0 heterocycles. The van der Waals surface area contributed by atoms with Crippen LogP contribution in [-0.4, -0.2) is 38.1 Å². The van der Waals surface area contributed by atoms with Gasteiger partial charge in [0, 0.05) is 30.2 Å². The van der Waals surface area contributed by atoms with Crippen LogP contribution in [0.5, 0.6) is 0 Å². The summed E-state index contributed by atoms with van der Waals surface area (Å²) in [4.78, 5) is 12.8. The predicted octanol–water partition coefficient (Wildman–Crippen LogP) is 1.72. The van der Waals surface area contributed by atoms with Crippen LogP contribution in [0.15, 0.2) is 23.1 Å². The number of hydrogen-bond acceptors (Lipinski definition) is 4. The van der Waals surface area contributed by atoms with Crippen LogP contribution in [0, 0.1) is 12.8 Å². The number of aliphatic hydroxyl groups is 1. The van der Waals surface area contributed by atoms with Gasteiger partial charge in [-0.25, -0.2) is 13.1 Å². The van der Waals surface area contributed by atoms with Crippen LogP contribution in [0.4, 0.5) is 0 Å². The number of aliphatic hydroxyl groups excluding tert-OH is 1. The van der Waals surface area contributed by atoms with E-state index in [4.69, 9.17) is 0 Å². The van der Waals surface area contributed by atoms with Gasteiger partial charge in [-0.15, -0.1) is 0 Å². The van der Waals surface area contributed by atoms with Crippen LogP contribution < -0.4 is 10.0 Å². The molecule has 1 aromatic carbocycles. The molecule has 0 aliphatic heterocycles. The zero-order valence-electron chi connectivity index (χ0n) is 14.5. The number of aryl methyl sites for hydroxylation is 1. The quantitative estimate of drug-likeness (QED) is 0.714. The summed E-state index contributed by atoms with van der Waals surface area (Å²) < 4.78 is 27.4. The highest BCUT2D eigenvalue weighted by atomic mass is 32.2. The van der Waals surface area contributed by atoms with E-state index >= 15 is 0 Å². The van der Waals surface area contributed by atoms with Crippen molar-refractivity contribution in [3.63, 3.8) is 0 Å². The van der Waals surface area contributed by atoms with E-state index in [-0.39, 0.29) is 35.4 Å². The number of amides is 1. The summed E-state index contributed by atoms with van der Waals surface area (Å²) in [5, 5.41) is 12.5. The van der Waals surface area contributed by atoms with Crippen molar-refractivity contribution in [1.82, 2.24) is 10.0 Å². The Morgan fingerprint density at radius 2 is 1.92 bits per heavy atom. The fourth-order valence-corrected chi connectivity index (χ4v) is 4.69. The van der Waals surface area contributed by atoms with Crippen LogP contribution in [0.3, 0.4) is 0 Å². The third kappa shape index (κ3) is 4.40. The van der Waals surface area contributed by atoms with Crippen molar-refractivity contribution in [2.45, 2.75) is 62.4 Å². The van der Waals surface area contributed by atoms with Crippen molar-refractivity contribution in [1.29, 1.82) is 0 Å². The summed E-state index contributed by atoms with van der Waals surface area (Å²) in [6.45, 7) is 1.85. The molecular formula is C18H26N2O4S. The van der Waals surface area contributed by atoms with Crippen LogP contribution >= 0.6 is 0 Å². The number of nitrogens with one attached hydrogen (secondary N) is 2. The van der Waals surface area contributed by atoms with Gasteiger partial charge in [0.05, 0.1) is 4.90 Å². The second kappa shape index (κ2) is 7.43. The highest BCUT2D eigenvalue weighted by Crippen LogP contribution is 2.26. The fourth-order valence-electron chi connectivity index (χ4n) is 3.36. The van der Waals surface area contributed by atoms with E-state index in [9.17, 15) is 18.3 Å².